The number of rotatable bonds is 6. The fourth-order valence-electron chi connectivity index (χ4n) is 1.90. The van der Waals surface area contributed by atoms with Gasteiger partial charge in [0.15, 0.2) is 0 Å². The predicted octanol–water partition coefficient (Wildman–Crippen LogP) is 3.13. The fourth-order valence-corrected chi connectivity index (χ4v) is 1.90. The Balaban J connectivity index is 2.02. The van der Waals surface area contributed by atoms with E-state index in [1.54, 1.807) is 7.11 Å². The number of methoxy groups -OCH3 is 1. The van der Waals surface area contributed by atoms with Gasteiger partial charge in [-0.1, -0.05) is 12.1 Å². The molecule has 2 rings (SSSR count). The molecule has 0 aliphatic rings. The average Bonchev–Trinajstić information content (AvgIpc) is 2.45. The third-order valence-corrected chi connectivity index (χ3v) is 2.88. The smallest absolute Gasteiger partial charge is 0.127 e. The highest BCUT2D eigenvalue weighted by Gasteiger charge is 2.02. The lowest BCUT2D eigenvalue weighted by atomic mass is 10.2. The van der Waals surface area contributed by atoms with Crippen molar-refractivity contribution in [2.75, 3.05) is 14.2 Å². The molecule has 3 nitrogen and oxygen atoms in total. The third kappa shape index (κ3) is 3.96. The van der Waals surface area contributed by atoms with Crippen molar-refractivity contribution in [3.63, 3.8) is 0 Å². The Morgan fingerprint density at radius 1 is 1.00 bits per heavy atom. The first-order valence-electron chi connectivity index (χ1n) is 6.41. The molecule has 0 radical (unpaired) electrons. The van der Waals surface area contributed by atoms with Gasteiger partial charge in [0.2, 0.25) is 0 Å². The van der Waals surface area contributed by atoms with Crippen LogP contribution in [0.1, 0.15) is 11.1 Å². The maximum atomic E-state index is 13.5. The summed E-state index contributed by atoms with van der Waals surface area (Å²) in [5.41, 5.74) is 1.86. The first-order chi connectivity index (χ1) is 9.71. The van der Waals surface area contributed by atoms with Crippen molar-refractivity contribution in [3.05, 3.63) is 59.4 Å². The number of ether oxygens (including phenoxy) is 2. The summed E-state index contributed by atoms with van der Waals surface area (Å²) in [4.78, 5) is 0. The van der Waals surface area contributed by atoms with Gasteiger partial charge in [-0.25, -0.2) is 4.39 Å². The summed E-state index contributed by atoms with van der Waals surface area (Å²) >= 11 is 0. The highest BCUT2D eigenvalue weighted by molar-refractivity contribution is 5.31. The Bertz CT molecular complexity index is 555. The van der Waals surface area contributed by atoms with E-state index >= 15 is 0 Å². The Hall–Kier alpha value is -2.07. The van der Waals surface area contributed by atoms with E-state index in [-0.39, 0.29) is 5.82 Å². The van der Waals surface area contributed by atoms with Crippen molar-refractivity contribution in [1.82, 2.24) is 5.32 Å². The van der Waals surface area contributed by atoms with E-state index in [9.17, 15) is 4.39 Å². The molecule has 106 valence electrons. The number of halogens is 1. The molecule has 0 aromatic heterocycles. The molecule has 0 saturated heterocycles. The Morgan fingerprint density at radius 3 is 2.40 bits per heavy atom. The molecular formula is C16H18FNO2. The second-order valence-corrected chi connectivity index (χ2v) is 4.46. The molecule has 4 heteroatoms. The van der Waals surface area contributed by atoms with Crippen LogP contribution in [0.5, 0.6) is 11.5 Å². The van der Waals surface area contributed by atoms with E-state index in [0.29, 0.717) is 18.9 Å². The van der Waals surface area contributed by atoms with Crippen molar-refractivity contribution in [3.8, 4) is 11.5 Å². The minimum absolute atomic E-state index is 0.289. The first-order valence-corrected chi connectivity index (χ1v) is 6.41. The molecule has 2 aromatic carbocycles. The molecule has 1 N–H and O–H groups in total. The monoisotopic (exact) mass is 275 g/mol. The van der Waals surface area contributed by atoms with Crippen LogP contribution in [0.25, 0.3) is 0 Å². The molecule has 0 saturated carbocycles. The average molecular weight is 275 g/mol. The highest BCUT2D eigenvalue weighted by atomic mass is 19.1. The first kappa shape index (κ1) is 14.3. The van der Waals surface area contributed by atoms with Gasteiger partial charge in [0.05, 0.1) is 7.11 Å². The molecule has 0 atom stereocenters. The molecule has 0 amide bonds. The normalized spacial score (nSPS) is 10.3. The van der Waals surface area contributed by atoms with Crippen LogP contribution in [0.15, 0.2) is 42.5 Å². The zero-order valence-electron chi connectivity index (χ0n) is 11.7. The number of nitrogens with one attached hydrogen (secondary N) is 1. The van der Waals surface area contributed by atoms with Crippen molar-refractivity contribution in [2.24, 2.45) is 0 Å². The van der Waals surface area contributed by atoms with E-state index < -0.39 is 0 Å². The van der Waals surface area contributed by atoms with Crippen molar-refractivity contribution >= 4 is 0 Å². The van der Waals surface area contributed by atoms with Crippen LogP contribution in [0.2, 0.25) is 0 Å². The number of benzene rings is 2. The quantitative estimate of drug-likeness (QED) is 0.878. The molecule has 0 heterocycles. The van der Waals surface area contributed by atoms with Gasteiger partial charge in [-0.05, 0) is 42.4 Å². The number of hydrogen-bond donors (Lipinski definition) is 1. The second kappa shape index (κ2) is 6.91. The van der Waals surface area contributed by atoms with E-state index in [0.717, 1.165) is 16.9 Å². The lowest BCUT2D eigenvalue weighted by Crippen LogP contribution is -2.06. The van der Waals surface area contributed by atoms with Crippen LogP contribution < -0.4 is 14.8 Å². The molecule has 0 unspecified atom stereocenters. The maximum Gasteiger partial charge on any atom is 0.127 e. The van der Waals surface area contributed by atoms with Crippen molar-refractivity contribution in [2.45, 2.75) is 13.2 Å². The maximum absolute atomic E-state index is 13.5. The van der Waals surface area contributed by atoms with Crippen LogP contribution >= 0.6 is 0 Å². The summed E-state index contributed by atoms with van der Waals surface area (Å²) in [6.45, 7) is 1.00. The summed E-state index contributed by atoms with van der Waals surface area (Å²) in [6.07, 6.45) is 0. The Labute approximate surface area is 118 Å². The largest absolute Gasteiger partial charge is 0.497 e. The van der Waals surface area contributed by atoms with Crippen LogP contribution in [0.3, 0.4) is 0 Å². The van der Waals surface area contributed by atoms with Gasteiger partial charge >= 0.3 is 0 Å². The third-order valence-electron chi connectivity index (χ3n) is 2.88. The molecule has 0 spiro atoms. The summed E-state index contributed by atoms with van der Waals surface area (Å²) in [5.74, 6) is 1.05. The van der Waals surface area contributed by atoms with Crippen LogP contribution in [-0.2, 0) is 13.2 Å². The predicted molar refractivity (Wildman–Crippen MR) is 76.5 cm³/mol. The standard InChI is InChI=1S/C16H18FNO2/c1-18-10-13-7-14(17)9-16(8-13)20-11-12-3-5-15(19-2)6-4-12/h3-9,18H,10-11H2,1-2H3. The molecule has 0 bridgehead atoms. The Kier molecular flexibility index (Phi) is 4.96. The van der Waals surface area contributed by atoms with Crippen molar-refractivity contribution in [1.29, 1.82) is 0 Å². The van der Waals surface area contributed by atoms with Gasteiger partial charge in [0.1, 0.15) is 23.9 Å². The fraction of sp³-hybridized carbons (Fsp3) is 0.250. The zero-order valence-corrected chi connectivity index (χ0v) is 11.7. The van der Waals surface area contributed by atoms with E-state index in [1.165, 1.54) is 12.1 Å². The minimum atomic E-state index is -0.289. The summed E-state index contributed by atoms with van der Waals surface area (Å²) in [7, 11) is 3.45. The van der Waals surface area contributed by atoms with Gasteiger partial charge in [0.25, 0.3) is 0 Å². The van der Waals surface area contributed by atoms with Crippen LogP contribution in [-0.4, -0.2) is 14.2 Å². The van der Waals surface area contributed by atoms with Gasteiger partial charge in [-0.3, -0.25) is 0 Å². The van der Waals surface area contributed by atoms with Gasteiger partial charge in [-0.2, -0.15) is 0 Å². The van der Waals surface area contributed by atoms with Crippen LogP contribution in [0, 0.1) is 5.82 Å². The molecule has 0 aliphatic heterocycles. The minimum Gasteiger partial charge on any atom is -0.497 e. The lowest BCUT2D eigenvalue weighted by molar-refractivity contribution is 0.304. The zero-order chi connectivity index (χ0) is 14.4. The lowest BCUT2D eigenvalue weighted by Gasteiger charge is -2.09. The number of hydrogen-bond acceptors (Lipinski definition) is 3. The van der Waals surface area contributed by atoms with Gasteiger partial charge in [-0.15, -0.1) is 0 Å². The summed E-state index contributed by atoms with van der Waals surface area (Å²) in [5, 5.41) is 2.99. The van der Waals surface area contributed by atoms with E-state index in [2.05, 4.69) is 5.32 Å². The summed E-state index contributed by atoms with van der Waals surface area (Å²) < 4.78 is 24.2. The molecular weight excluding hydrogens is 257 g/mol. The second-order valence-electron chi connectivity index (χ2n) is 4.46. The van der Waals surface area contributed by atoms with E-state index in [4.69, 9.17) is 9.47 Å². The molecule has 20 heavy (non-hydrogen) atoms. The molecule has 0 aliphatic carbocycles. The highest BCUT2D eigenvalue weighted by Crippen LogP contribution is 2.19. The summed E-state index contributed by atoms with van der Waals surface area (Å²) in [6, 6.07) is 12.3. The Morgan fingerprint density at radius 2 is 1.75 bits per heavy atom. The topological polar surface area (TPSA) is 30.5 Å². The molecule has 0 fully saturated rings. The molecule has 2 aromatic rings. The van der Waals surface area contributed by atoms with Gasteiger partial charge in [0, 0.05) is 12.6 Å². The van der Waals surface area contributed by atoms with E-state index in [1.807, 2.05) is 37.4 Å². The SMILES string of the molecule is CNCc1cc(F)cc(OCc2ccc(OC)cc2)c1. The van der Waals surface area contributed by atoms with Gasteiger partial charge < -0.3 is 14.8 Å². The van der Waals surface area contributed by atoms with Crippen molar-refractivity contribution < 1.29 is 13.9 Å². The van der Waals surface area contributed by atoms with Crippen LogP contribution in [0.4, 0.5) is 4.39 Å².